The summed E-state index contributed by atoms with van der Waals surface area (Å²) < 4.78 is 27.4. The first-order valence-corrected chi connectivity index (χ1v) is 5.22. The fourth-order valence-corrected chi connectivity index (χ4v) is 1.84. The van der Waals surface area contributed by atoms with Crippen molar-refractivity contribution in [1.29, 1.82) is 0 Å². The molecular formula is C12H11F2NO2. The van der Waals surface area contributed by atoms with Gasteiger partial charge in [0.25, 0.3) is 0 Å². The molecule has 3 nitrogen and oxygen atoms in total. The van der Waals surface area contributed by atoms with Crippen molar-refractivity contribution >= 4 is 11.7 Å². The van der Waals surface area contributed by atoms with Gasteiger partial charge >= 0.3 is 5.97 Å². The Hall–Kier alpha value is -1.91. The smallest absolute Gasteiger partial charge is 0.335 e. The van der Waals surface area contributed by atoms with Gasteiger partial charge < -0.3 is 10.0 Å². The van der Waals surface area contributed by atoms with Gasteiger partial charge in [0.05, 0.1) is 5.56 Å². The van der Waals surface area contributed by atoms with Gasteiger partial charge in [-0.1, -0.05) is 12.2 Å². The number of hydrogen-bond donors (Lipinski definition) is 1. The lowest BCUT2D eigenvalue weighted by atomic mass is 10.1. The second-order valence-electron chi connectivity index (χ2n) is 3.80. The van der Waals surface area contributed by atoms with Gasteiger partial charge in [-0.05, 0) is 18.6 Å². The zero-order chi connectivity index (χ0) is 12.4. The second kappa shape index (κ2) is 4.53. The lowest BCUT2D eigenvalue weighted by Crippen LogP contribution is -2.28. The van der Waals surface area contributed by atoms with E-state index in [1.54, 1.807) is 4.90 Å². The summed E-state index contributed by atoms with van der Waals surface area (Å²) in [6.45, 7) is 0.955. The van der Waals surface area contributed by atoms with Crippen molar-refractivity contribution in [2.24, 2.45) is 0 Å². The van der Waals surface area contributed by atoms with Crippen molar-refractivity contribution in [1.82, 2.24) is 0 Å². The number of nitrogens with zero attached hydrogens (tertiary/aromatic N) is 1. The van der Waals surface area contributed by atoms with E-state index in [-0.39, 0.29) is 11.3 Å². The summed E-state index contributed by atoms with van der Waals surface area (Å²) in [7, 11) is 0. The van der Waals surface area contributed by atoms with E-state index >= 15 is 0 Å². The fourth-order valence-electron chi connectivity index (χ4n) is 1.84. The van der Waals surface area contributed by atoms with Crippen LogP contribution >= 0.6 is 0 Å². The summed E-state index contributed by atoms with van der Waals surface area (Å²) in [6.07, 6.45) is 4.49. The first-order chi connectivity index (χ1) is 8.09. The van der Waals surface area contributed by atoms with Gasteiger partial charge in [0, 0.05) is 13.1 Å². The predicted molar refractivity (Wildman–Crippen MR) is 59.3 cm³/mol. The maximum atomic E-state index is 13.7. The molecule has 5 heteroatoms. The molecular weight excluding hydrogens is 228 g/mol. The van der Waals surface area contributed by atoms with Crippen molar-refractivity contribution in [3.8, 4) is 0 Å². The molecule has 0 saturated carbocycles. The Morgan fingerprint density at radius 3 is 2.35 bits per heavy atom. The monoisotopic (exact) mass is 239 g/mol. The van der Waals surface area contributed by atoms with E-state index in [9.17, 15) is 13.6 Å². The van der Waals surface area contributed by atoms with Gasteiger partial charge in [0.1, 0.15) is 17.3 Å². The van der Waals surface area contributed by atoms with E-state index in [2.05, 4.69) is 0 Å². The number of benzene rings is 1. The third-order valence-electron chi connectivity index (χ3n) is 2.64. The van der Waals surface area contributed by atoms with Crippen molar-refractivity contribution in [3.63, 3.8) is 0 Å². The number of aromatic carboxylic acids is 1. The van der Waals surface area contributed by atoms with Gasteiger partial charge in [-0.15, -0.1) is 0 Å². The minimum absolute atomic E-state index is 0.153. The molecule has 0 unspecified atom stereocenters. The van der Waals surface area contributed by atoms with Gasteiger partial charge in [-0.2, -0.15) is 0 Å². The molecule has 1 heterocycles. The van der Waals surface area contributed by atoms with Crippen LogP contribution in [0.4, 0.5) is 14.5 Å². The highest BCUT2D eigenvalue weighted by atomic mass is 19.1. The van der Waals surface area contributed by atoms with Crippen LogP contribution in [0.5, 0.6) is 0 Å². The van der Waals surface area contributed by atoms with Crippen LogP contribution in [0, 0.1) is 11.6 Å². The first-order valence-electron chi connectivity index (χ1n) is 5.22. The van der Waals surface area contributed by atoms with Crippen molar-refractivity contribution < 1.29 is 18.7 Å². The number of anilines is 1. The molecule has 0 aromatic heterocycles. The highest BCUT2D eigenvalue weighted by Crippen LogP contribution is 2.26. The van der Waals surface area contributed by atoms with Gasteiger partial charge in [0.2, 0.25) is 0 Å². The van der Waals surface area contributed by atoms with Crippen LogP contribution in [0.1, 0.15) is 16.8 Å². The summed E-state index contributed by atoms with van der Waals surface area (Å²) >= 11 is 0. The molecule has 0 radical (unpaired) electrons. The average Bonchev–Trinajstić information content (AvgIpc) is 2.29. The predicted octanol–water partition coefficient (Wildman–Crippen LogP) is 2.43. The fraction of sp³-hybridized carbons (Fsp3) is 0.250. The minimum atomic E-state index is -1.34. The molecule has 1 aliphatic heterocycles. The van der Waals surface area contributed by atoms with E-state index < -0.39 is 17.6 Å². The summed E-state index contributed by atoms with van der Waals surface area (Å²) in [5.41, 5.74) is -0.532. The SMILES string of the molecule is O=C(O)c1cc(F)c(N2CC=CCC2)c(F)c1. The number of halogens is 2. The van der Waals surface area contributed by atoms with Crippen LogP contribution < -0.4 is 4.90 Å². The molecule has 0 bridgehead atoms. The maximum Gasteiger partial charge on any atom is 0.335 e. The summed E-state index contributed by atoms with van der Waals surface area (Å²) in [6, 6.07) is 1.69. The summed E-state index contributed by atoms with van der Waals surface area (Å²) in [5, 5.41) is 8.68. The lowest BCUT2D eigenvalue weighted by molar-refractivity contribution is 0.0696. The van der Waals surface area contributed by atoms with Crippen LogP contribution in [0.3, 0.4) is 0 Å². The molecule has 0 amide bonds. The van der Waals surface area contributed by atoms with Crippen molar-refractivity contribution in [3.05, 3.63) is 41.5 Å². The Morgan fingerprint density at radius 2 is 1.88 bits per heavy atom. The molecule has 1 aliphatic rings. The molecule has 0 aliphatic carbocycles. The van der Waals surface area contributed by atoms with Gasteiger partial charge in [-0.3, -0.25) is 0 Å². The van der Waals surface area contributed by atoms with Crippen LogP contribution in [0.25, 0.3) is 0 Å². The highest BCUT2D eigenvalue weighted by molar-refractivity contribution is 5.88. The molecule has 0 atom stereocenters. The highest BCUT2D eigenvalue weighted by Gasteiger charge is 2.19. The number of carbonyl (C=O) groups is 1. The van der Waals surface area contributed by atoms with Gasteiger partial charge in [-0.25, -0.2) is 13.6 Å². The number of carboxylic acids is 1. The molecule has 90 valence electrons. The second-order valence-corrected chi connectivity index (χ2v) is 3.80. The van der Waals surface area contributed by atoms with E-state index in [0.717, 1.165) is 18.6 Å². The van der Waals surface area contributed by atoms with E-state index in [0.29, 0.717) is 13.1 Å². The van der Waals surface area contributed by atoms with Crippen molar-refractivity contribution in [2.75, 3.05) is 18.0 Å². The Bertz CT molecular complexity index is 462. The zero-order valence-electron chi connectivity index (χ0n) is 8.99. The quantitative estimate of drug-likeness (QED) is 0.806. The molecule has 1 N–H and O–H groups in total. The number of rotatable bonds is 2. The third kappa shape index (κ3) is 2.27. The molecule has 17 heavy (non-hydrogen) atoms. The zero-order valence-corrected chi connectivity index (χ0v) is 8.99. The molecule has 2 rings (SSSR count). The minimum Gasteiger partial charge on any atom is -0.478 e. The molecule has 1 aromatic rings. The number of hydrogen-bond acceptors (Lipinski definition) is 2. The standard InChI is InChI=1S/C12H11F2NO2/c13-9-6-8(12(16)17)7-10(14)11(9)15-4-2-1-3-5-15/h1-2,6-7H,3-5H2,(H,16,17). The summed E-state index contributed by atoms with van der Waals surface area (Å²) in [5.74, 6) is -3.01. The molecule has 1 aromatic carbocycles. The summed E-state index contributed by atoms with van der Waals surface area (Å²) in [4.78, 5) is 12.2. The van der Waals surface area contributed by atoms with Crippen LogP contribution in [-0.4, -0.2) is 24.2 Å². The Morgan fingerprint density at radius 1 is 1.24 bits per heavy atom. The molecule has 0 fully saturated rings. The normalized spacial score (nSPS) is 15.1. The molecule has 0 spiro atoms. The molecule has 0 saturated heterocycles. The van der Waals surface area contributed by atoms with Crippen molar-refractivity contribution in [2.45, 2.75) is 6.42 Å². The first kappa shape index (κ1) is 11.6. The maximum absolute atomic E-state index is 13.7. The van der Waals surface area contributed by atoms with E-state index in [1.807, 2.05) is 12.2 Å². The van der Waals surface area contributed by atoms with E-state index in [4.69, 9.17) is 5.11 Å². The number of carboxylic acid groups (broad SMARTS) is 1. The Labute approximate surface area is 97.0 Å². The van der Waals surface area contributed by atoms with Gasteiger partial charge in [0.15, 0.2) is 0 Å². The average molecular weight is 239 g/mol. The third-order valence-corrected chi connectivity index (χ3v) is 2.64. The van der Waals surface area contributed by atoms with Crippen LogP contribution in [0.15, 0.2) is 24.3 Å². The lowest BCUT2D eigenvalue weighted by Gasteiger charge is -2.26. The Balaban J connectivity index is 2.41. The Kier molecular flexibility index (Phi) is 3.08. The topological polar surface area (TPSA) is 40.5 Å². The largest absolute Gasteiger partial charge is 0.478 e. The van der Waals surface area contributed by atoms with Crippen LogP contribution in [0.2, 0.25) is 0 Å². The van der Waals surface area contributed by atoms with E-state index in [1.165, 1.54) is 0 Å². The van der Waals surface area contributed by atoms with Crippen LogP contribution in [-0.2, 0) is 0 Å².